The minimum absolute atomic E-state index is 0.233. The molecule has 1 aliphatic rings. The van der Waals surface area contributed by atoms with E-state index in [4.69, 9.17) is 13.9 Å². The second-order valence-corrected chi connectivity index (χ2v) is 5.43. The van der Waals surface area contributed by atoms with Gasteiger partial charge in [-0.1, -0.05) is 0 Å². The van der Waals surface area contributed by atoms with Crippen molar-refractivity contribution in [2.24, 2.45) is 0 Å². The highest BCUT2D eigenvalue weighted by atomic mass is 16.5. The van der Waals surface area contributed by atoms with Crippen LogP contribution < -0.4 is 15.1 Å². The summed E-state index contributed by atoms with van der Waals surface area (Å²) < 4.78 is 16.7. The van der Waals surface area contributed by atoms with E-state index in [1.165, 1.54) is 6.07 Å². The Labute approximate surface area is 110 Å². The van der Waals surface area contributed by atoms with E-state index in [0.717, 1.165) is 23.8 Å². The number of hydrogen-bond acceptors (Lipinski definition) is 4. The van der Waals surface area contributed by atoms with Crippen LogP contribution >= 0.6 is 0 Å². The van der Waals surface area contributed by atoms with Crippen molar-refractivity contribution in [3.63, 3.8) is 0 Å². The van der Waals surface area contributed by atoms with Crippen molar-refractivity contribution < 1.29 is 13.9 Å². The van der Waals surface area contributed by atoms with E-state index in [1.807, 2.05) is 19.9 Å². The van der Waals surface area contributed by atoms with Gasteiger partial charge in [-0.15, -0.1) is 0 Å². The number of rotatable bonds is 1. The minimum Gasteiger partial charge on any atom is -0.490 e. The fraction of sp³-hybridized carbons (Fsp3) is 0.400. The van der Waals surface area contributed by atoms with Crippen LogP contribution in [0.5, 0.6) is 11.5 Å². The molecule has 0 aliphatic carbocycles. The predicted molar refractivity (Wildman–Crippen MR) is 72.1 cm³/mol. The summed E-state index contributed by atoms with van der Waals surface area (Å²) in [6, 6.07) is 5.18. The van der Waals surface area contributed by atoms with Crippen molar-refractivity contribution in [2.75, 3.05) is 7.11 Å². The summed E-state index contributed by atoms with van der Waals surface area (Å²) in [5.74, 6) is 1.21. The average Bonchev–Trinajstić information content (AvgIpc) is 2.35. The van der Waals surface area contributed by atoms with E-state index < -0.39 is 0 Å². The van der Waals surface area contributed by atoms with Gasteiger partial charge in [0.1, 0.15) is 5.60 Å². The van der Waals surface area contributed by atoms with E-state index in [0.29, 0.717) is 17.1 Å². The maximum absolute atomic E-state index is 11.4. The summed E-state index contributed by atoms with van der Waals surface area (Å²) in [4.78, 5) is 11.4. The molecule has 2 aromatic rings. The lowest BCUT2D eigenvalue weighted by Gasteiger charge is -2.33. The Balaban J connectivity index is 2.32. The number of hydrogen-bond donors (Lipinski definition) is 0. The highest BCUT2D eigenvalue weighted by Gasteiger charge is 2.30. The minimum atomic E-state index is -0.388. The quantitative estimate of drug-likeness (QED) is 0.740. The van der Waals surface area contributed by atoms with Gasteiger partial charge < -0.3 is 13.9 Å². The molecular weight excluding hydrogens is 244 g/mol. The second kappa shape index (κ2) is 4.02. The molecule has 0 fully saturated rings. The van der Waals surface area contributed by atoms with Gasteiger partial charge in [0, 0.05) is 11.5 Å². The van der Waals surface area contributed by atoms with Gasteiger partial charge in [0.25, 0.3) is 0 Å². The molecule has 100 valence electrons. The zero-order valence-electron chi connectivity index (χ0n) is 11.3. The molecule has 0 N–H and O–H groups in total. The third-order valence-electron chi connectivity index (χ3n) is 3.48. The van der Waals surface area contributed by atoms with Crippen LogP contribution in [0.25, 0.3) is 11.0 Å². The van der Waals surface area contributed by atoms with E-state index in [9.17, 15) is 4.79 Å². The Morgan fingerprint density at radius 2 is 2.11 bits per heavy atom. The maximum atomic E-state index is 11.4. The normalized spacial score (nSPS) is 16.8. The summed E-state index contributed by atoms with van der Waals surface area (Å²) >= 11 is 0. The molecular formula is C15H16O4. The van der Waals surface area contributed by atoms with Crippen molar-refractivity contribution in [3.8, 4) is 11.5 Å². The Bertz CT molecular complexity index is 697. The second-order valence-electron chi connectivity index (χ2n) is 5.43. The molecule has 1 aromatic carbocycles. The molecule has 0 bridgehead atoms. The SMILES string of the molecule is COc1c2c(cc3ccc(=O)oc13)CCC(C)(C)O2. The Kier molecular flexibility index (Phi) is 2.55. The number of methoxy groups -OCH3 is 1. The van der Waals surface area contributed by atoms with Crippen LogP contribution in [0, 0.1) is 0 Å². The third kappa shape index (κ3) is 1.97. The topological polar surface area (TPSA) is 48.7 Å². The molecule has 3 rings (SSSR count). The monoisotopic (exact) mass is 260 g/mol. The molecule has 0 saturated heterocycles. The first-order chi connectivity index (χ1) is 9.00. The smallest absolute Gasteiger partial charge is 0.336 e. The van der Waals surface area contributed by atoms with Gasteiger partial charge in [0.05, 0.1) is 7.11 Å². The number of fused-ring (bicyclic) bond motifs is 2. The molecule has 1 aromatic heterocycles. The standard InChI is InChI=1S/C15H16O4/c1-15(2)7-6-10-8-9-4-5-11(16)18-12(9)14(17-3)13(10)19-15/h4-5,8H,6-7H2,1-3H3. The lowest BCUT2D eigenvalue weighted by atomic mass is 9.93. The van der Waals surface area contributed by atoms with Gasteiger partial charge in [-0.05, 0) is 44.4 Å². The van der Waals surface area contributed by atoms with E-state index in [2.05, 4.69) is 0 Å². The molecule has 19 heavy (non-hydrogen) atoms. The number of benzene rings is 1. The molecule has 4 nitrogen and oxygen atoms in total. The molecule has 2 heterocycles. The highest BCUT2D eigenvalue weighted by Crippen LogP contribution is 2.44. The largest absolute Gasteiger partial charge is 0.490 e. The fourth-order valence-corrected chi connectivity index (χ4v) is 2.47. The molecule has 0 amide bonds. The van der Waals surface area contributed by atoms with Gasteiger partial charge in [-0.2, -0.15) is 0 Å². The van der Waals surface area contributed by atoms with Crippen LogP contribution in [0.15, 0.2) is 27.4 Å². The van der Waals surface area contributed by atoms with Gasteiger partial charge in [0.2, 0.25) is 5.75 Å². The van der Waals surface area contributed by atoms with Crippen LogP contribution in [0.4, 0.5) is 0 Å². The number of ether oxygens (including phenoxy) is 2. The van der Waals surface area contributed by atoms with Crippen LogP contribution in [0.2, 0.25) is 0 Å². The third-order valence-corrected chi connectivity index (χ3v) is 3.48. The zero-order valence-corrected chi connectivity index (χ0v) is 11.3. The van der Waals surface area contributed by atoms with Crippen molar-refractivity contribution in [1.29, 1.82) is 0 Å². The van der Waals surface area contributed by atoms with Crippen molar-refractivity contribution in [1.82, 2.24) is 0 Å². The van der Waals surface area contributed by atoms with Gasteiger partial charge >= 0.3 is 5.63 Å². The summed E-state index contributed by atoms with van der Waals surface area (Å²) in [6.45, 7) is 4.08. The lowest BCUT2D eigenvalue weighted by molar-refractivity contribution is 0.0806. The molecule has 4 heteroatoms. The molecule has 0 saturated carbocycles. The summed E-state index contributed by atoms with van der Waals surface area (Å²) in [5.41, 5.74) is 0.924. The highest BCUT2D eigenvalue weighted by molar-refractivity contribution is 5.87. The van der Waals surface area contributed by atoms with E-state index in [1.54, 1.807) is 13.2 Å². The van der Waals surface area contributed by atoms with Crippen molar-refractivity contribution >= 4 is 11.0 Å². The number of aryl methyl sites for hydroxylation is 1. The van der Waals surface area contributed by atoms with Crippen LogP contribution in [-0.2, 0) is 6.42 Å². The van der Waals surface area contributed by atoms with Crippen molar-refractivity contribution in [3.05, 3.63) is 34.2 Å². The Hall–Kier alpha value is -1.97. The summed E-state index contributed by atoms with van der Waals surface area (Å²) in [6.07, 6.45) is 1.87. The molecule has 0 unspecified atom stereocenters. The van der Waals surface area contributed by atoms with Crippen LogP contribution in [0.1, 0.15) is 25.8 Å². The molecule has 1 aliphatic heterocycles. The summed E-state index contributed by atoms with van der Waals surface area (Å²) in [7, 11) is 1.56. The van der Waals surface area contributed by atoms with Gasteiger partial charge in [-0.3, -0.25) is 0 Å². The first-order valence-corrected chi connectivity index (χ1v) is 6.33. The zero-order chi connectivity index (χ0) is 13.6. The lowest BCUT2D eigenvalue weighted by Crippen LogP contribution is -2.32. The van der Waals surface area contributed by atoms with Crippen molar-refractivity contribution in [2.45, 2.75) is 32.3 Å². The van der Waals surface area contributed by atoms with E-state index in [-0.39, 0.29) is 11.2 Å². The average molecular weight is 260 g/mol. The fourth-order valence-electron chi connectivity index (χ4n) is 2.47. The van der Waals surface area contributed by atoms with Gasteiger partial charge in [0.15, 0.2) is 11.3 Å². The van der Waals surface area contributed by atoms with Crippen LogP contribution in [0.3, 0.4) is 0 Å². The predicted octanol–water partition coefficient (Wildman–Crippen LogP) is 2.91. The Morgan fingerprint density at radius 1 is 1.32 bits per heavy atom. The summed E-state index contributed by atoms with van der Waals surface area (Å²) in [5, 5.41) is 0.860. The first kappa shape index (κ1) is 12.1. The maximum Gasteiger partial charge on any atom is 0.336 e. The van der Waals surface area contributed by atoms with Gasteiger partial charge in [-0.25, -0.2) is 4.79 Å². The Morgan fingerprint density at radius 3 is 2.84 bits per heavy atom. The van der Waals surface area contributed by atoms with E-state index >= 15 is 0 Å². The molecule has 0 atom stereocenters. The molecule has 0 spiro atoms. The van der Waals surface area contributed by atoms with Crippen LogP contribution in [-0.4, -0.2) is 12.7 Å². The molecule has 0 radical (unpaired) electrons. The first-order valence-electron chi connectivity index (χ1n) is 6.33.